The van der Waals surface area contributed by atoms with Gasteiger partial charge in [-0.2, -0.15) is 0 Å². The van der Waals surface area contributed by atoms with E-state index in [0.29, 0.717) is 0 Å². The molecule has 4 heterocycles. The molecule has 0 amide bonds. The van der Waals surface area contributed by atoms with Gasteiger partial charge in [0, 0.05) is 68.5 Å². The molecule has 2 N–H and O–H groups in total. The number of pyridine rings is 1. The molecule has 0 unspecified atom stereocenters. The highest BCUT2D eigenvalue weighted by atomic mass is 14.8. The van der Waals surface area contributed by atoms with Crippen molar-refractivity contribution in [1.29, 1.82) is 0 Å². The van der Waals surface area contributed by atoms with Crippen molar-refractivity contribution in [2.75, 3.05) is 0 Å². The minimum Gasteiger partial charge on any atom is -0.358 e. The van der Waals surface area contributed by atoms with Crippen molar-refractivity contribution >= 4 is 21.8 Å². The summed E-state index contributed by atoms with van der Waals surface area (Å²) in [6.07, 6.45) is 7.04. The van der Waals surface area contributed by atoms with E-state index in [1.165, 1.54) is 5.56 Å². The molecule has 31 heavy (non-hydrogen) atoms. The summed E-state index contributed by atoms with van der Waals surface area (Å²) >= 11 is 0. The van der Waals surface area contributed by atoms with Gasteiger partial charge in [-0.25, -0.2) is 0 Å². The highest BCUT2D eigenvalue weighted by molar-refractivity contribution is 6.03. The number of hydrogen-bond donors (Lipinski definition) is 2. The summed E-state index contributed by atoms with van der Waals surface area (Å²) in [6, 6.07) is 20.9. The normalized spacial score (nSPS) is 11.4. The number of nitrogens with zero attached hydrogens (tertiary/aromatic N) is 3. The fourth-order valence-corrected chi connectivity index (χ4v) is 4.32. The number of rotatable bonds is 3. The predicted molar refractivity (Wildman–Crippen MR) is 125 cm³/mol. The van der Waals surface area contributed by atoms with Crippen LogP contribution in [0.1, 0.15) is 5.69 Å². The van der Waals surface area contributed by atoms with Crippen LogP contribution < -0.4 is 0 Å². The summed E-state index contributed by atoms with van der Waals surface area (Å²) in [5.41, 5.74) is 9.58. The lowest BCUT2D eigenvalue weighted by Crippen LogP contribution is -1.84. The molecule has 0 radical (unpaired) electrons. The van der Waals surface area contributed by atoms with E-state index in [1.807, 2.05) is 24.4 Å². The molecule has 0 spiro atoms. The van der Waals surface area contributed by atoms with Crippen LogP contribution in [0.3, 0.4) is 0 Å². The molecule has 0 fully saturated rings. The van der Waals surface area contributed by atoms with Crippen molar-refractivity contribution in [2.24, 2.45) is 0 Å². The molecule has 0 aliphatic heterocycles. The Hall–Kier alpha value is -4.25. The van der Waals surface area contributed by atoms with Gasteiger partial charge in [-0.1, -0.05) is 24.3 Å². The minimum atomic E-state index is 0.864. The Balaban J connectivity index is 1.56. The van der Waals surface area contributed by atoms with Gasteiger partial charge in [-0.05, 0) is 43.3 Å². The average Bonchev–Trinajstić information content (AvgIpc) is 3.39. The van der Waals surface area contributed by atoms with Crippen LogP contribution in [0.2, 0.25) is 0 Å². The van der Waals surface area contributed by atoms with Crippen molar-refractivity contribution in [1.82, 2.24) is 24.9 Å². The van der Waals surface area contributed by atoms with Gasteiger partial charge < -0.3 is 9.97 Å². The number of benzene rings is 2. The summed E-state index contributed by atoms with van der Waals surface area (Å²) in [4.78, 5) is 20.4. The topological polar surface area (TPSA) is 70.2 Å². The van der Waals surface area contributed by atoms with E-state index in [1.54, 1.807) is 18.6 Å². The Labute approximate surface area is 178 Å². The molecule has 0 atom stereocenters. The van der Waals surface area contributed by atoms with Crippen LogP contribution in [0.4, 0.5) is 0 Å². The first-order chi connectivity index (χ1) is 15.3. The van der Waals surface area contributed by atoms with E-state index < -0.39 is 0 Å². The number of fused-ring (bicyclic) bond motifs is 2. The smallest absolute Gasteiger partial charge is 0.0885 e. The van der Waals surface area contributed by atoms with Gasteiger partial charge in [-0.3, -0.25) is 15.0 Å². The number of aryl methyl sites for hydroxylation is 1. The molecule has 2 aromatic carbocycles. The van der Waals surface area contributed by atoms with Crippen LogP contribution in [0.15, 0.2) is 85.5 Å². The van der Waals surface area contributed by atoms with Crippen molar-refractivity contribution in [3.8, 4) is 33.8 Å². The third kappa shape index (κ3) is 2.90. The van der Waals surface area contributed by atoms with Crippen LogP contribution in [0.25, 0.3) is 55.6 Å². The van der Waals surface area contributed by atoms with E-state index in [-0.39, 0.29) is 0 Å². The molecule has 5 nitrogen and oxygen atoms in total. The molecular weight excluding hydrogens is 382 g/mol. The van der Waals surface area contributed by atoms with Gasteiger partial charge in [0.15, 0.2) is 0 Å². The highest BCUT2D eigenvalue weighted by Gasteiger charge is 2.16. The molecule has 5 heteroatoms. The quantitative estimate of drug-likeness (QED) is 0.374. The first-order valence-electron chi connectivity index (χ1n) is 10.2. The zero-order valence-electron chi connectivity index (χ0n) is 16.9. The average molecular weight is 401 g/mol. The lowest BCUT2D eigenvalue weighted by atomic mass is 10.0. The Morgan fingerprint density at radius 3 is 2.45 bits per heavy atom. The Kier molecular flexibility index (Phi) is 3.93. The van der Waals surface area contributed by atoms with Crippen molar-refractivity contribution in [3.63, 3.8) is 0 Å². The third-order valence-corrected chi connectivity index (χ3v) is 5.72. The molecule has 4 aromatic heterocycles. The van der Waals surface area contributed by atoms with E-state index in [0.717, 1.165) is 55.7 Å². The third-order valence-electron chi connectivity index (χ3n) is 5.72. The monoisotopic (exact) mass is 401 g/mol. The standard InChI is InChI=1S/C26H19N5/c1-16-26(20-13-17(8-9-23(20)30-16)25-15-27-11-12-29-25)24-14-19-18(5-4-7-22(19)31-24)21-6-2-3-10-28-21/h2-15,30-31H,1H3. The van der Waals surface area contributed by atoms with Crippen LogP contribution in [0, 0.1) is 6.92 Å². The zero-order valence-corrected chi connectivity index (χ0v) is 16.9. The molecule has 0 aliphatic rings. The molecule has 0 saturated carbocycles. The number of aromatic nitrogens is 5. The first-order valence-corrected chi connectivity index (χ1v) is 10.2. The van der Waals surface area contributed by atoms with Gasteiger partial charge in [0.2, 0.25) is 0 Å². The maximum absolute atomic E-state index is 4.55. The second-order valence-corrected chi connectivity index (χ2v) is 7.64. The summed E-state index contributed by atoms with van der Waals surface area (Å²) in [5.74, 6) is 0. The van der Waals surface area contributed by atoms with E-state index in [2.05, 4.69) is 74.3 Å². The summed E-state index contributed by atoms with van der Waals surface area (Å²) in [7, 11) is 0. The van der Waals surface area contributed by atoms with Gasteiger partial charge in [0.25, 0.3) is 0 Å². The van der Waals surface area contributed by atoms with E-state index in [4.69, 9.17) is 0 Å². The Morgan fingerprint density at radius 1 is 0.710 bits per heavy atom. The molecule has 0 bridgehead atoms. The highest BCUT2D eigenvalue weighted by Crippen LogP contribution is 2.37. The molecule has 0 aliphatic carbocycles. The molecule has 6 aromatic rings. The SMILES string of the molecule is Cc1[nH]c2ccc(-c3cnccn3)cc2c1-c1cc2c(-c3ccccn3)cccc2[nH]1. The first kappa shape index (κ1) is 17.6. The molecule has 0 saturated heterocycles. The zero-order chi connectivity index (χ0) is 20.8. The minimum absolute atomic E-state index is 0.864. The second-order valence-electron chi connectivity index (χ2n) is 7.64. The van der Waals surface area contributed by atoms with Gasteiger partial charge in [0.1, 0.15) is 0 Å². The number of hydrogen-bond acceptors (Lipinski definition) is 3. The fraction of sp³-hybridized carbons (Fsp3) is 0.0385. The maximum Gasteiger partial charge on any atom is 0.0885 e. The van der Waals surface area contributed by atoms with Crippen LogP contribution in [-0.4, -0.2) is 24.9 Å². The predicted octanol–water partition coefficient (Wildman–Crippen LogP) is 6.14. The van der Waals surface area contributed by atoms with Crippen molar-refractivity contribution < 1.29 is 0 Å². The van der Waals surface area contributed by atoms with E-state index >= 15 is 0 Å². The van der Waals surface area contributed by atoms with Crippen molar-refractivity contribution in [2.45, 2.75) is 6.92 Å². The van der Waals surface area contributed by atoms with Crippen LogP contribution in [-0.2, 0) is 0 Å². The van der Waals surface area contributed by atoms with Gasteiger partial charge >= 0.3 is 0 Å². The lowest BCUT2D eigenvalue weighted by Gasteiger charge is -2.02. The molecule has 6 rings (SSSR count). The molecular formula is C26H19N5. The summed E-state index contributed by atoms with van der Waals surface area (Å²) in [5, 5.41) is 2.32. The maximum atomic E-state index is 4.55. The summed E-state index contributed by atoms with van der Waals surface area (Å²) in [6.45, 7) is 2.11. The van der Waals surface area contributed by atoms with Crippen LogP contribution in [0.5, 0.6) is 0 Å². The number of nitrogens with one attached hydrogen (secondary N) is 2. The number of aromatic amines is 2. The van der Waals surface area contributed by atoms with Gasteiger partial charge in [-0.15, -0.1) is 0 Å². The van der Waals surface area contributed by atoms with Crippen LogP contribution >= 0.6 is 0 Å². The van der Waals surface area contributed by atoms with E-state index in [9.17, 15) is 0 Å². The second kappa shape index (κ2) is 6.92. The Morgan fingerprint density at radius 2 is 1.61 bits per heavy atom. The Bertz CT molecular complexity index is 1530. The van der Waals surface area contributed by atoms with Gasteiger partial charge in [0.05, 0.1) is 17.6 Å². The van der Waals surface area contributed by atoms with Crippen molar-refractivity contribution in [3.05, 3.63) is 91.1 Å². The molecule has 148 valence electrons. The lowest BCUT2D eigenvalue weighted by molar-refractivity contribution is 1.21. The fourth-order valence-electron chi connectivity index (χ4n) is 4.32. The summed E-state index contributed by atoms with van der Waals surface area (Å²) < 4.78 is 0. The number of H-pyrrole nitrogens is 2. The largest absolute Gasteiger partial charge is 0.358 e.